The number of pyridine rings is 1. The lowest BCUT2D eigenvalue weighted by atomic mass is 9.82. The first-order chi connectivity index (χ1) is 20.2. The number of aromatic nitrogens is 1. The van der Waals surface area contributed by atoms with Gasteiger partial charge < -0.3 is 14.6 Å². The summed E-state index contributed by atoms with van der Waals surface area (Å²) in [5.74, 6) is 0.588. The number of ether oxygens (including phenoxy) is 2. The summed E-state index contributed by atoms with van der Waals surface area (Å²) < 4.78 is 12.1. The molecule has 42 heavy (non-hydrogen) atoms. The van der Waals surface area contributed by atoms with Gasteiger partial charge in [0.15, 0.2) is 0 Å². The number of methoxy groups -OCH3 is 1. The molecule has 7 heteroatoms. The molecule has 1 aliphatic carbocycles. The summed E-state index contributed by atoms with van der Waals surface area (Å²) in [4.78, 5) is 18.5. The maximum atomic E-state index is 11.9. The molecule has 1 fully saturated rings. The molecule has 1 saturated carbocycles. The minimum Gasteiger partial charge on any atom is -0.485 e. The number of hydrogen-bond acceptors (Lipinski definition) is 6. The first-order valence-electron chi connectivity index (χ1n) is 15.1. The van der Waals surface area contributed by atoms with Crippen LogP contribution in [0.1, 0.15) is 86.8 Å². The largest absolute Gasteiger partial charge is 0.485 e. The van der Waals surface area contributed by atoms with Gasteiger partial charge in [-0.25, -0.2) is 4.98 Å². The number of carbonyl (C=O) groups is 1. The topological polar surface area (TPSA) is 95.7 Å². The maximum absolute atomic E-state index is 11.9. The maximum Gasteiger partial charge on any atom is 0.306 e. The summed E-state index contributed by atoms with van der Waals surface area (Å²) >= 11 is 0. The van der Waals surface area contributed by atoms with Gasteiger partial charge in [-0.05, 0) is 91.8 Å². The SMILES string of the molecule is CCN(Cc1cc([C@@H]2CCc3ccc([C@H](C4CC4)[C@H](C)C(=O)O)cc3O2)ccc1-c1cc(OC)ncc1C#N)C(C)C. The minimum absolute atomic E-state index is 0.00501. The van der Waals surface area contributed by atoms with Crippen molar-refractivity contribution in [2.75, 3.05) is 13.7 Å². The lowest BCUT2D eigenvalue weighted by Gasteiger charge is -2.30. The number of carboxylic acid groups (broad SMARTS) is 1. The van der Waals surface area contributed by atoms with Gasteiger partial charge in [-0.2, -0.15) is 5.26 Å². The van der Waals surface area contributed by atoms with Crippen LogP contribution in [-0.4, -0.2) is 40.7 Å². The standard InChI is InChI=1S/C35H41N3O4/c1-6-38(21(2)3)20-27-15-25(11-13-29(27)30-17-33(41-5)37-19-28(30)18-36)31-14-12-23-7-10-26(16-32(23)42-31)34(24-8-9-24)22(4)35(39)40/h7,10-11,13,15-17,19,21-22,24,31,34H,6,8-9,12,14,20H2,1-5H3,(H,39,40)/t22-,31-,34-/m0/s1. The zero-order valence-electron chi connectivity index (χ0n) is 25.3. The molecule has 2 aromatic carbocycles. The summed E-state index contributed by atoms with van der Waals surface area (Å²) in [5, 5.41) is 19.6. The predicted molar refractivity (Wildman–Crippen MR) is 163 cm³/mol. The summed E-state index contributed by atoms with van der Waals surface area (Å²) in [5.41, 5.74) is 6.76. The number of hydrogen-bond donors (Lipinski definition) is 1. The molecule has 0 amide bonds. The van der Waals surface area contributed by atoms with Crippen LogP contribution in [0.4, 0.5) is 0 Å². The first kappa shape index (κ1) is 29.6. The minimum atomic E-state index is -0.745. The average Bonchev–Trinajstić information content (AvgIpc) is 3.84. The number of rotatable bonds is 11. The van der Waals surface area contributed by atoms with E-state index in [4.69, 9.17) is 9.47 Å². The molecule has 2 heterocycles. The Bertz CT molecular complexity index is 1490. The third-order valence-corrected chi connectivity index (χ3v) is 8.99. The smallest absolute Gasteiger partial charge is 0.306 e. The fourth-order valence-corrected chi connectivity index (χ4v) is 6.35. The van der Waals surface area contributed by atoms with Gasteiger partial charge in [0, 0.05) is 30.4 Å². The van der Waals surface area contributed by atoms with E-state index in [1.165, 1.54) is 5.56 Å². The van der Waals surface area contributed by atoms with E-state index in [0.717, 1.165) is 72.3 Å². The van der Waals surface area contributed by atoms with Crippen molar-refractivity contribution in [2.45, 2.75) is 78.0 Å². The molecule has 7 nitrogen and oxygen atoms in total. The molecular weight excluding hydrogens is 526 g/mol. The molecular formula is C35H41N3O4. The first-order valence-corrected chi connectivity index (χ1v) is 15.1. The quantitative estimate of drug-likeness (QED) is 0.263. The van der Waals surface area contributed by atoms with E-state index in [1.54, 1.807) is 13.3 Å². The van der Waals surface area contributed by atoms with E-state index in [1.807, 2.05) is 13.0 Å². The molecule has 3 aromatic rings. The molecule has 1 aromatic heterocycles. The highest BCUT2D eigenvalue weighted by atomic mass is 16.5. The molecule has 0 radical (unpaired) electrons. The Balaban J connectivity index is 1.50. The zero-order chi connectivity index (χ0) is 30.0. The molecule has 0 unspecified atom stereocenters. The molecule has 1 N–H and O–H groups in total. The van der Waals surface area contributed by atoms with Crippen LogP contribution in [0.5, 0.6) is 11.6 Å². The molecule has 3 atom stereocenters. The summed E-state index contributed by atoms with van der Waals surface area (Å²) in [7, 11) is 1.58. The molecule has 1 aliphatic heterocycles. The van der Waals surface area contributed by atoms with E-state index >= 15 is 0 Å². The van der Waals surface area contributed by atoms with Crippen molar-refractivity contribution in [3.8, 4) is 28.8 Å². The van der Waals surface area contributed by atoms with Crippen LogP contribution >= 0.6 is 0 Å². The molecule has 0 bridgehead atoms. The third-order valence-electron chi connectivity index (χ3n) is 8.99. The van der Waals surface area contributed by atoms with Crippen molar-refractivity contribution in [1.29, 1.82) is 5.26 Å². The van der Waals surface area contributed by atoms with Crippen molar-refractivity contribution in [3.05, 3.63) is 76.5 Å². The van der Waals surface area contributed by atoms with Crippen molar-refractivity contribution in [1.82, 2.24) is 9.88 Å². The Morgan fingerprint density at radius 2 is 1.93 bits per heavy atom. The third kappa shape index (κ3) is 6.15. The summed E-state index contributed by atoms with van der Waals surface area (Å²) in [6.45, 7) is 10.0. The Morgan fingerprint density at radius 1 is 1.14 bits per heavy atom. The van der Waals surface area contributed by atoms with Crippen molar-refractivity contribution in [2.24, 2.45) is 11.8 Å². The molecule has 220 valence electrons. The van der Waals surface area contributed by atoms with Gasteiger partial charge in [0.05, 0.1) is 18.6 Å². The second-order valence-electron chi connectivity index (χ2n) is 12.0. The number of carboxylic acids is 1. The normalized spacial score (nSPS) is 17.7. The monoisotopic (exact) mass is 567 g/mol. The van der Waals surface area contributed by atoms with E-state index < -0.39 is 11.9 Å². The highest BCUT2D eigenvalue weighted by Crippen LogP contribution is 2.48. The fourth-order valence-electron chi connectivity index (χ4n) is 6.35. The van der Waals surface area contributed by atoms with Crippen molar-refractivity contribution < 1.29 is 19.4 Å². The van der Waals surface area contributed by atoms with Gasteiger partial charge in [-0.1, -0.05) is 44.2 Å². The molecule has 2 aliphatic rings. The van der Waals surface area contributed by atoms with E-state index in [-0.39, 0.29) is 12.0 Å². The van der Waals surface area contributed by atoms with Crippen molar-refractivity contribution in [3.63, 3.8) is 0 Å². The Hall–Kier alpha value is -3.89. The van der Waals surface area contributed by atoms with Gasteiger partial charge in [0.25, 0.3) is 0 Å². The van der Waals surface area contributed by atoms with Crippen LogP contribution in [-0.2, 0) is 17.8 Å². The zero-order valence-corrected chi connectivity index (χ0v) is 25.3. The number of benzene rings is 2. The van der Waals surface area contributed by atoms with Crippen LogP contribution in [0.2, 0.25) is 0 Å². The van der Waals surface area contributed by atoms with E-state index in [0.29, 0.717) is 23.4 Å². The van der Waals surface area contributed by atoms with Gasteiger partial charge in [-0.15, -0.1) is 0 Å². The molecule has 0 spiro atoms. The van der Waals surface area contributed by atoms with Crippen molar-refractivity contribution >= 4 is 5.97 Å². The second kappa shape index (κ2) is 12.5. The van der Waals surface area contributed by atoms with Crippen LogP contribution in [0.15, 0.2) is 48.7 Å². The van der Waals surface area contributed by atoms with Crippen LogP contribution in [0.25, 0.3) is 11.1 Å². The summed E-state index contributed by atoms with van der Waals surface area (Å²) in [6, 6.07) is 17.3. The lowest BCUT2D eigenvalue weighted by Crippen LogP contribution is -2.30. The Morgan fingerprint density at radius 3 is 2.57 bits per heavy atom. The van der Waals surface area contributed by atoms with Gasteiger partial charge >= 0.3 is 5.97 Å². The average molecular weight is 568 g/mol. The van der Waals surface area contributed by atoms with E-state index in [9.17, 15) is 15.2 Å². The Kier molecular flexibility index (Phi) is 8.84. The molecule has 5 rings (SSSR count). The number of aryl methyl sites for hydroxylation is 1. The van der Waals surface area contributed by atoms with E-state index in [2.05, 4.69) is 73.1 Å². The number of fused-ring (bicyclic) bond motifs is 1. The van der Waals surface area contributed by atoms with Crippen LogP contribution in [0.3, 0.4) is 0 Å². The van der Waals surface area contributed by atoms with Gasteiger partial charge in [-0.3, -0.25) is 9.69 Å². The fraction of sp³-hybridized carbons (Fsp3) is 0.457. The van der Waals surface area contributed by atoms with Crippen LogP contribution < -0.4 is 9.47 Å². The van der Waals surface area contributed by atoms with Crippen LogP contribution in [0, 0.1) is 23.2 Å². The highest BCUT2D eigenvalue weighted by Gasteiger charge is 2.39. The number of nitriles is 1. The number of nitrogens with zero attached hydrogens (tertiary/aromatic N) is 3. The predicted octanol–water partition coefficient (Wildman–Crippen LogP) is 7.14. The Labute approximate surface area is 249 Å². The number of aliphatic carboxylic acids is 1. The summed E-state index contributed by atoms with van der Waals surface area (Å²) in [6.07, 6.45) is 5.38. The van der Waals surface area contributed by atoms with Gasteiger partial charge in [0.1, 0.15) is 17.9 Å². The molecule has 0 saturated heterocycles. The lowest BCUT2D eigenvalue weighted by molar-refractivity contribution is -0.142. The highest BCUT2D eigenvalue weighted by molar-refractivity contribution is 5.74. The second-order valence-corrected chi connectivity index (χ2v) is 12.0. The van der Waals surface area contributed by atoms with Gasteiger partial charge in [0.2, 0.25) is 5.88 Å².